The van der Waals surface area contributed by atoms with E-state index in [2.05, 4.69) is 17.1 Å². The Kier molecular flexibility index (Phi) is 7.40. The van der Waals surface area contributed by atoms with Crippen LogP contribution in [-0.2, 0) is 9.53 Å². The molecule has 2 rings (SSSR count). The molecule has 0 aromatic carbocycles. The van der Waals surface area contributed by atoms with E-state index in [0.717, 1.165) is 32.6 Å². The fourth-order valence-electron chi connectivity index (χ4n) is 3.71. The SMILES string of the molecule is CCN1CCCC1CN(C)C(=O)C1(COC)CCNC1.Cl. The Hall–Kier alpha value is -0.360. The highest BCUT2D eigenvalue weighted by Gasteiger charge is 2.43. The van der Waals surface area contributed by atoms with Crippen molar-refractivity contribution in [3.8, 4) is 0 Å². The molecule has 2 unspecified atom stereocenters. The van der Waals surface area contributed by atoms with E-state index >= 15 is 0 Å². The van der Waals surface area contributed by atoms with Crippen LogP contribution in [0.15, 0.2) is 0 Å². The number of nitrogens with one attached hydrogen (secondary N) is 1. The molecule has 0 aromatic rings. The van der Waals surface area contributed by atoms with Gasteiger partial charge in [-0.1, -0.05) is 6.92 Å². The molecule has 1 amide bonds. The van der Waals surface area contributed by atoms with Gasteiger partial charge < -0.3 is 15.0 Å². The predicted molar refractivity (Wildman–Crippen MR) is 86.9 cm³/mol. The lowest BCUT2D eigenvalue weighted by Crippen LogP contribution is -2.50. The summed E-state index contributed by atoms with van der Waals surface area (Å²) in [6, 6.07) is 0.530. The van der Waals surface area contributed by atoms with Gasteiger partial charge in [-0.3, -0.25) is 9.69 Å². The number of nitrogens with zero attached hydrogens (tertiary/aromatic N) is 2. The van der Waals surface area contributed by atoms with Crippen molar-refractivity contribution in [1.82, 2.24) is 15.1 Å². The number of carbonyl (C=O) groups excluding carboxylic acids is 1. The first-order chi connectivity index (χ1) is 9.63. The zero-order chi connectivity index (χ0) is 14.6. The number of likely N-dealkylation sites (N-methyl/N-ethyl adjacent to an activating group) is 2. The van der Waals surface area contributed by atoms with Crippen LogP contribution in [0, 0.1) is 5.41 Å². The topological polar surface area (TPSA) is 44.8 Å². The van der Waals surface area contributed by atoms with Gasteiger partial charge in [0.2, 0.25) is 5.91 Å². The van der Waals surface area contributed by atoms with Gasteiger partial charge in [0.05, 0.1) is 12.0 Å². The van der Waals surface area contributed by atoms with E-state index in [4.69, 9.17) is 4.74 Å². The number of ether oxygens (including phenoxy) is 1. The van der Waals surface area contributed by atoms with Gasteiger partial charge in [-0.2, -0.15) is 0 Å². The standard InChI is InChI=1S/C15H29N3O2.ClH/c1-4-18-9-5-6-13(18)10-17(2)14(19)15(12-20-3)7-8-16-11-15;/h13,16H,4-12H2,1-3H3;1H. The molecule has 2 heterocycles. The Labute approximate surface area is 134 Å². The fourth-order valence-corrected chi connectivity index (χ4v) is 3.71. The van der Waals surface area contributed by atoms with Gasteiger partial charge in [0, 0.05) is 33.3 Å². The van der Waals surface area contributed by atoms with Crippen molar-refractivity contribution in [1.29, 1.82) is 0 Å². The Morgan fingerprint density at radius 2 is 2.29 bits per heavy atom. The lowest BCUT2D eigenvalue weighted by Gasteiger charge is -2.34. The minimum Gasteiger partial charge on any atom is -0.384 e. The molecule has 0 saturated carbocycles. The van der Waals surface area contributed by atoms with Crippen molar-refractivity contribution in [2.24, 2.45) is 5.41 Å². The maximum absolute atomic E-state index is 12.8. The third kappa shape index (κ3) is 4.09. The molecule has 5 nitrogen and oxygen atoms in total. The number of methoxy groups -OCH3 is 1. The van der Waals surface area contributed by atoms with Gasteiger partial charge in [-0.05, 0) is 38.9 Å². The summed E-state index contributed by atoms with van der Waals surface area (Å²) in [5.41, 5.74) is -0.348. The normalized spacial score (nSPS) is 29.4. The summed E-state index contributed by atoms with van der Waals surface area (Å²) in [7, 11) is 3.63. The maximum atomic E-state index is 12.8. The predicted octanol–water partition coefficient (Wildman–Crippen LogP) is 0.977. The van der Waals surface area contributed by atoms with E-state index < -0.39 is 0 Å². The van der Waals surface area contributed by atoms with Crippen LogP contribution in [0.25, 0.3) is 0 Å². The molecule has 124 valence electrons. The molecular formula is C15H30ClN3O2. The zero-order valence-electron chi connectivity index (χ0n) is 13.6. The van der Waals surface area contributed by atoms with E-state index in [0.29, 0.717) is 12.6 Å². The summed E-state index contributed by atoms with van der Waals surface area (Å²) in [5.74, 6) is 0.243. The number of amides is 1. The molecule has 21 heavy (non-hydrogen) atoms. The Balaban J connectivity index is 0.00000220. The molecule has 2 aliphatic rings. The summed E-state index contributed by atoms with van der Waals surface area (Å²) in [6.07, 6.45) is 3.35. The molecule has 2 atom stereocenters. The summed E-state index contributed by atoms with van der Waals surface area (Å²) in [4.78, 5) is 17.2. The first-order valence-corrected chi connectivity index (χ1v) is 7.82. The van der Waals surface area contributed by atoms with Crippen molar-refractivity contribution in [3.05, 3.63) is 0 Å². The van der Waals surface area contributed by atoms with Gasteiger partial charge in [0.1, 0.15) is 0 Å². The average Bonchev–Trinajstić information content (AvgIpc) is 3.08. The van der Waals surface area contributed by atoms with Crippen molar-refractivity contribution in [2.45, 2.75) is 32.2 Å². The molecule has 1 N–H and O–H groups in total. The molecule has 2 fully saturated rings. The van der Waals surface area contributed by atoms with Gasteiger partial charge in [0.25, 0.3) is 0 Å². The minimum atomic E-state index is -0.348. The number of hydrogen-bond acceptors (Lipinski definition) is 4. The van der Waals surface area contributed by atoms with Gasteiger partial charge in [-0.15, -0.1) is 12.4 Å². The highest BCUT2D eigenvalue weighted by atomic mass is 35.5. The quantitative estimate of drug-likeness (QED) is 0.792. The number of likely N-dealkylation sites (tertiary alicyclic amines) is 1. The zero-order valence-corrected chi connectivity index (χ0v) is 14.4. The van der Waals surface area contributed by atoms with Gasteiger partial charge in [-0.25, -0.2) is 0 Å². The van der Waals surface area contributed by atoms with E-state index in [1.165, 1.54) is 19.4 Å². The Morgan fingerprint density at radius 3 is 2.86 bits per heavy atom. The largest absolute Gasteiger partial charge is 0.384 e. The number of halogens is 1. The van der Waals surface area contributed by atoms with E-state index in [-0.39, 0.29) is 23.7 Å². The Morgan fingerprint density at radius 1 is 1.52 bits per heavy atom. The number of hydrogen-bond donors (Lipinski definition) is 1. The van der Waals surface area contributed by atoms with Crippen LogP contribution in [0.3, 0.4) is 0 Å². The fraction of sp³-hybridized carbons (Fsp3) is 0.933. The van der Waals surface area contributed by atoms with E-state index in [9.17, 15) is 4.79 Å². The summed E-state index contributed by atoms with van der Waals surface area (Å²) < 4.78 is 5.31. The van der Waals surface area contributed by atoms with E-state index in [1.54, 1.807) is 7.11 Å². The van der Waals surface area contributed by atoms with Crippen molar-refractivity contribution in [3.63, 3.8) is 0 Å². The van der Waals surface area contributed by atoms with Crippen LogP contribution < -0.4 is 5.32 Å². The molecule has 0 radical (unpaired) electrons. The van der Waals surface area contributed by atoms with Crippen LogP contribution >= 0.6 is 12.4 Å². The molecule has 0 aromatic heterocycles. The maximum Gasteiger partial charge on any atom is 0.232 e. The van der Waals surface area contributed by atoms with Crippen molar-refractivity contribution < 1.29 is 9.53 Å². The molecule has 0 aliphatic carbocycles. The van der Waals surface area contributed by atoms with Crippen LogP contribution in [0.4, 0.5) is 0 Å². The Bertz CT molecular complexity index is 335. The first kappa shape index (κ1) is 18.7. The second-order valence-corrected chi connectivity index (χ2v) is 6.25. The highest BCUT2D eigenvalue weighted by molar-refractivity contribution is 5.85. The lowest BCUT2D eigenvalue weighted by molar-refractivity contribution is -0.143. The second-order valence-electron chi connectivity index (χ2n) is 6.25. The van der Waals surface area contributed by atoms with Gasteiger partial charge >= 0.3 is 0 Å². The summed E-state index contributed by atoms with van der Waals surface area (Å²) in [6.45, 7) is 7.47. The van der Waals surface area contributed by atoms with E-state index in [1.807, 2.05) is 11.9 Å². The summed E-state index contributed by atoms with van der Waals surface area (Å²) >= 11 is 0. The third-order valence-electron chi connectivity index (χ3n) is 4.85. The van der Waals surface area contributed by atoms with Gasteiger partial charge in [0.15, 0.2) is 0 Å². The lowest BCUT2D eigenvalue weighted by atomic mass is 9.86. The smallest absolute Gasteiger partial charge is 0.232 e. The van der Waals surface area contributed by atoms with Crippen molar-refractivity contribution in [2.75, 3.05) is 53.5 Å². The monoisotopic (exact) mass is 319 g/mol. The first-order valence-electron chi connectivity index (χ1n) is 7.82. The van der Waals surface area contributed by atoms with Crippen LogP contribution in [0.1, 0.15) is 26.2 Å². The number of carbonyl (C=O) groups is 1. The molecule has 0 spiro atoms. The second kappa shape index (κ2) is 8.32. The average molecular weight is 320 g/mol. The molecule has 6 heteroatoms. The minimum absolute atomic E-state index is 0. The van der Waals surface area contributed by atoms with Crippen molar-refractivity contribution >= 4 is 18.3 Å². The number of rotatable bonds is 6. The third-order valence-corrected chi connectivity index (χ3v) is 4.85. The van der Waals surface area contributed by atoms with Crippen LogP contribution in [-0.4, -0.2) is 75.2 Å². The van der Waals surface area contributed by atoms with Crippen LogP contribution in [0.5, 0.6) is 0 Å². The molecule has 0 bridgehead atoms. The molecule has 2 saturated heterocycles. The van der Waals surface area contributed by atoms with Crippen LogP contribution in [0.2, 0.25) is 0 Å². The molecular weight excluding hydrogens is 290 g/mol. The highest BCUT2D eigenvalue weighted by Crippen LogP contribution is 2.29. The summed E-state index contributed by atoms with van der Waals surface area (Å²) in [5, 5.41) is 3.31. The molecule has 2 aliphatic heterocycles.